The fraction of sp³-hybridized carbons (Fsp3) is 0.273. The first kappa shape index (κ1) is 17.3. The van der Waals surface area contributed by atoms with Crippen molar-refractivity contribution in [3.8, 4) is 16.9 Å². The highest BCUT2D eigenvalue weighted by atomic mass is 16.5. The van der Waals surface area contributed by atoms with Crippen molar-refractivity contribution in [2.45, 2.75) is 32.7 Å². The third-order valence-electron chi connectivity index (χ3n) is 4.99. The minimum atomic E-state index is -0.171. The highest BCUT2D eigenvalue weighted by molar-refractivity contribution is 5.92. The van der Waals surface area contributed by atoms with Gasteiger partial charge < -0.3 is 10.1 Å². The molecule has 0 saturated carbocycles. The van der Waals surface area contributed by atoms with Crippen LogP contribution < -0.4 is 10.1 Å². The quantitative estimate of drug-likeness (QED) is 0.732. The molecule has 0 spiro atoms. The van der Waals surface area contributed by atoms with Crippen LogP contribution in [-0.2, 0) is 6.42 Å². The molecule has 1 aliphatic rings. The molecule has 0 fully saturated rings. The number of nitrogens with one attached hydrogen (secondary N) is 2. The SMILES string of the molecule is CCc1ccc(-c2ccc3c(c2)C(NC(=O)c2cc(C)[nH]n2)CCO3)cc1. The van der Waals surface area contributed by atoms with Crippen LogP contribution in [0.3, 0.4) is 0 Å². The number of aromatic nitrogens is 2. The van der Waals surface area contributed by atoms with E-state index >= 15 is 0 Å². The number of H-pyrrole nitrogens is 1. The summed E-state index contributed by atoms with van der Waals surface area (Å²) in [6.07, 6.45) is 1.76. The molecule has 27 heavy (non-hydrogen) atoms. The van der Waals surface area contributed by atoms with Crippen molar-refractivity contribution >= 4 is 5.91 Å². The van der Waals surface area contributed by atoms with E-state index in [0.717, 1.165) is 41.0 Å². The van der Waals surface area contributed by atoms with Crippen molar-refractivity contribution in [3.63, 3.8) is 0 Å². The Morgan fingerprint density at radius 2 is 1.96 bits per heavy atom. The monoisotopic (exact) mass is 361 g/mol. The average molecular weight is 361 g/mol. The van der Waals surface area contributed by atoms with Crippen LogP contribution in [0.4, 0.5) is 0 Å². The summed E-state index contributed by atoms with van der Waals surface area (Å²) < 4.78 is 5.80. The molecule has 4 rings (SSSR count). The number of hydrogen-bond acceptors (Lipinski definition) is 3. The lowest BCUT2D eigenvalue weighted by atomic mass is 9.95. The zero-order valence-electron chi connectivity index (χ0n) is 15.6. The molecular weight excluding hydrogens is 338 g/mol. The Balaban J connectivity index is 1.61. The van der Waals surface area contributed by atoms with E-state index in [1.54, 1.807) is 6.07 Å². The van der Waals surface area contributed by atoms with Crippen molar-refractivity contribution in [1.82, 2.24) is 15.5 Å². The molecule has 1 amide bonds. The van der Waals surface area contributed by atoms with Crippen molar-refractivity contribution < 1.29 is 9.53 Å². The minimum Gasteiger partial charge on any atom is -0.493 e. The largest absolute Gasteiger partial charge is 0.493 e. The van der Waals surface area contributed by atoms with E-state index in [2.05, 4.69) is 58.8 Å². The Bertz CT molecular complexity index is 960. The van der Waals surface area contributed by atoms with Crippen molar-refractivity contribution in [1.29, 1.82) is 0 Å². The lowest BCUT2D eigenvalue weighted by molar-refractivity contribution is 0.0919. The normalized spacial score (nSPS) is 15.7. The standard InChI is InChI=1S/C22H23N3O2/c1-3-15-4-6-16(7-5-15)17-8-9-21-18(13-17)19(10-11-27-21)23-22(26)20-12-14(2)24-25-20/h4-9,12-13,19H,3,10-11H2,1-2H3,(H,23,26)(H,24,25). The maximum Gasteiger partial charge on any atom is 0.272 e. The molecule has 1 aliphatic heterocycles. The van der Waals surface area contributed by atoms with E-state index < -0.39 is 0 Å². The molecule has 138 valence electrons. The van der Waals surface area contributed by atoms with Gasteiger partial charge in [-0.05, 0) is 48.2 Å². The number of fused-ring (bicyclic) bond motifs is 1. The number of ether oxygens (including phenoxy) is 1. The van der Waals surface area contributed by atoms with Crippen LogP contribution in [0, 0.1) is 6.92 Å². The van der Waals surface area contributed by atoms with E-state index in [4.69, 9.17) is 4.74 Å². The first-order chi connectivity index (χ1) is 13.1. The number of nitrogens with zero attached hydrogens (tertiary/aromatic N) is 1. The van der Waals surface area contributed by atoms with Crippen molar-refractivity contribution in [3.05, 3.63) is 71.0 Å². The van der Waals surface area contributed by atoms with Gasteiger partial charge in [0.25, 0.3) is 5.91 Å². The summed E-state index contributed by atoms with van der Waals surface area (Å²) in [7, 11) is 0. The van der Waals surface area contributed by atoms with E-state index in [1.807, 2.05) is 13.0 Å². The molecule has 5 heteroatoms. The summed E-state index contributed by atoms with van der Waals surface area (Å²) in [5.74, 6) is 0.661. The molecule has 0 radical (unpaired) electrons. The van der Waals surface area contributed by atoms with Crippen LogP contribution in [0.5, 0.6) is 5.75 Å². The number of aromatic amines is 1. The maximum absolute atomic E-state index is 12.5. The molecule has 2 N–H and O–H groups in total. The highest BCUT2D eigenvalue weighted by Crippen LogP contribution is 2.35. The van der Waals surface area contributed by atoms with Gasteiger partial charge in [-0.1, -0.05) is 37.3 Å². The lowest BCUT2D eigenvalue weighted by Gasteiger charge is -2.27. The van der Waals surface area contributed by atoms with Gasteiger partial charge in [0, 0.05) is 17.7 Å². The third-order valence-corrected chi connectivity index (χ3v) is 4.99. The molecule has 0 bridgehead atoms. The molecule has 1 aromatic heterocycles. The number of rotatable bonds is 4. The van der Waals surface area contributed by atoms with Crippen LogP contribution in [0.25, 0.3) is 11.1 Å². The Morgan fingerprint density at radius 3 is 2.67 bits per heavy atom. The zero-order chi connectivity index (χ0) is 18.8. The van der Waals surface area contributed by atoms with Gasteiger partial charge in [0.15, 0.2) is 0 Å². The van der Waals surface area contributed by atoms with Gasteiger partial charge >= 0.3 is 0 Å². The summed E-state index contributed by atoms with van der Waals surface area (Å²) >= 11 is 0. The minimum absolute atomic E-state index is 0.0897. The van der Waals surface area contributed by atoms with Crippen molar-refractivity contribution in [2.75, 3.05) is 6.61 Å². The number of aryl methyl sites for hydroxylation is 2. The number of carbonyl (C=O) groups excluding carboxylic acids is 1. The number of benzene rings is 2. The summed E-state index contributed by atoms with van der Waals surface area (Å²) in [6.45, 7) is 4.62. The molecule has 1 atom stereocenters. The van der Waals surface area contributed by atoms with Gasteiger partial charge in [-0.15, -0.1) is 0 Å². The lowest BCUT2D eigenvalue weighted by Crippen LogP contribution is -2.32. The van der Waals surface area contributed by atoms with Gasteiger partial charge in [-0.3, -0.25) is 9.89 Å². The molecule has 3 aromatic rings. The Labute approximate surface area is 158 Å². The molecule has 1 unspecified atom stereocenters. The van der Waals surface area contributed by atoms with Gasteiger partial charge in [0.2, 0.25) is 0 Å². The van der Waals surface area contributed by atoms with E-state index in [0.29, 0.717) is 12.3 Å². The maximum atomic E-state index is 12.5. The van der Waals surface area contributed by atoms with Crippen LogP contribution in [-0.4, -0.2) is 22.7 Å². The molecule has 5 nitrogen and oxygen atoms in total. The summed E-state index contributed by atoms with van der Waals surface area (Å²) in [4.78, 5) is 12.5. The van der Waals surface area contributed by atoms with E-state index in [1.165, 1.54) is 5.56 Å². The van der Waals surface area contributed by atoms with Crippen LogP contribution in [0.2, 0.25) is 0 Å². The second-order valence-electron chi connectivity index (χ2n) is 6.90. The van der Waals surface area contributed by atoms with Crippen LogP contribution >= 0.6 is 0 Å². The van der Waals surface area contributed by atoms with Gasteiger partial charge in [-0.25, -0.2) is 0 Å². The fourth-order valence-corrected chi connectivity index (χ4v) is 3.42. The predicted molar refractivity (Wildman–Crippen MR) is 105 cm³/mol. The first-order valence-corrected chi connectivity index (χ1v) is 9.33. The topological polar surface area (TPSA) is 67.0 Å². The Kier molecular flexibility index (Phi) is 4.67. The highest BCUT2D eigenvalue weighted by Gasteiger charge is 2.24. The van der Waals surface area contributed by atoms with Gasteiger partial charge in [0.1, 0.15) is 11.4 Å². The molecule has 0 aliphatic carbocycles. The summed E-state index contributed by atoms with van der Waals surface area (Å²) in [5, 5.41) is 9.96. The molecule has 2 aromatic carbocycles. The third kappa shape index (κ3) is 3.58. The second kappa shape index (κ2) is 7.27. The predicted octanol–water partition coefficient (Wildman–Crippen LogP) is 4.20. The summed E-state index contributed by atoms with van der Waals surface area (Å²) in [5.41, 5.74) is 5.89. The second-order valence-corrected chi connectivity index (χ2v) is 6.90. The smallest absolute Gasteiger partial charge is 0.272 e. The van der Waals surface area contributed by atoms with Crippen molar-refractivity contribution in [2.24, 2.45) is 0 Å². The van der Waals surface area contributed by atoms with Gasteiger partial charge in [-0.2, -0.15) is 5.10 Å². The molecule has 0 saturated heterocycles. The number of carbonyl (C=O) groups is 1. The van der Waals surface area contributed by atoms with Crippen LogP contribution in [0.15, 0.2) is 48.5 Å². The number of amides is 1. The Hall–Kier alpha value is -3.08. The Morgan fingerprint density at radius 1 is 1.19 bits per heavy atom. The first-order valence-electron chi connectivity index (χ1n) is 9.33. The molecular formula is C22H23N3O2. The van der Waals surface area contributed by atoms with E-state index in [9.17, 15) is 4.79 Å². The van der Waals surface area contributed by atoms with E-state index in [-0.39, 0.29) is 11.9 Å². The van der Waals surface area contributed by atoms with Crippen LogP contribution in [0.1, 0.15) is 46.7 Å². The zero-order valence-corrected chi connectivity index (χ0v) is 15.6. The average Bonchev–Trinajstić information content (AvgIpc) is 3.14. The van der Waals surface area contributed by atoms with Gasteiger partial charge in [0.05, 0.1) is 12.6 Å². The molecule has 2 heterocycles. The number of hydrogen-bond donors (Lipinski definition) is 2. The fourth-order valence-electron chi connectivity index (χ4n) is 3.42. The summed E-state index contributed by atoms with van der Waals surface area (Å²) in [6, 6.07) is 16.4.